The number of aromatic nitrogens is 1. The average Bonchev–Trinajstić information content (AvgIpc) is 3.00. The molecule has 6 heteroatoms. The van der Waals surface area contributed by atoms with Crippen LogP contribution in [-0.4, -0.2) is 28.4 Å². The Kier molecular flexibility index (Phi) is 4.99. The predicted octanol–water partition coefficient (Wildman–Crippen LogP) is 3.64. The molecule has 0 atom stereocenters. The molecule has 0 unspecified atom stereocenters. The molecule has 25 heavy (non-hydrogen) atoms. The Morgan fingerprint density at radius 3 is 2.52 bits per heavy atom. The van der Waals surface area contributed by atoms with Gasteiger partial charge in [-0.15, -0.1) is 0 Å². The number of para-hydroxylation sites is 1. The highest BCUT2D eigenvalue weighted by molar-refractivity contribution is 5.91. The van der Waals surface area contributed by atoms with E-state index >= 15 is 0 Å². The lowest BCUT2D eigenvalue weighted by Crippen LogP contribution is -2.26. The normalized spacial score (nSPS) is 10.6. The van der Waals surface area contributed by atoms with Crippen molar-refractivity contribution in [2.45, 2.75) is 13.0 Å². The molecule has 0 saturated carbocycles. The van der Waals surface area contributed by atoms with Gasteiger partial charge in [0.05, 0.1) is 5.52 Å². The van der Waals surface area contributed by atoms with E-state index in [1.54, 1.807) is 18.3 Å². The minimum atomic E-state index is -1.03. The Bertz CT molecular complexity index is 887. The second-order valence-corrected chi connectivity index (χ2v) is 5.56. The molecule has 1 aromatic heterocycles. The second-order valence-electron chi connectivity index (χ2n) is 5.56. The number of rotatable bonds is 5. The van der Waals surface area contributed by atoms with E-state index in [4.69, 9.17) is 4.74 Å². The number of nitrogens with one attached hydrogen (secondary N) is 1. The highest BCUT2D eigenvalue weighted by Crippen LogP contribution is 2.21. The number of fused-ring (bicyclic) bond motifs is 1. The van der Waals surface area contributed by atoms with Crippen molar-refractivity contribution in [2.24, 2.45) is 0 Å². The summed E-state index contributed by atoms with van der Waals surface area (Å²) in [5.41, 5.74) is 2.42. The lowest BCUT2D eigenvalue weighted by Gasteiger charge is -2.06. The molecule has 0 spiro atoms. The number of nitrogens with zero attached hydrogens (tertiary/aromatic N) is 1. The van der Waals surface area contributed by atoms with Gasteiger partial charge in [0.25, 0.3) is 0 Å². The molecule has 0 radical (unpaired) electrons. The largest absolute Gasteiger partial charge is 0.464 e. The number of ether oxygens (including phenoxy) is 1. The van der Waals surface area contributed by atoms with Gasteiger partial charge in [-0.05, 0) is 23.6 Å². The van der Waals surface area contributed by atoms with Crippen molar-refractivity contribution in [2.75, 3.05) is 6.54 Å². The minimum absolute atomic E-state index is 0.213. The number of carboxylic acid groups (broad SMARTS) is 1. The van der Waals surface area contributed by atoms with Crippen molar-refractivity contribution < 1.29 is 19.4 Å². The molecule has 0 saturated heterocycles. The summed E-state index contributed by atoms with van der Waals surface area (Å²) in [5.74, 6) is 0. The summed E-state index contributed by atoms with van der Waals surface area (Å²) in [7, 11) is 0. The summed E-state index contributed by atoms with van der Waals surface area (Å²) in [4.78, 5) is 23.1. The topological polar surface area (TPSA) is 80.6 Å². The van der Waals surface area contributed by atoms with Crippen molar-refractivity contribution in [1.29, 1.82) is 0 Å². The molecule has 1 amide bonds. The standard InChI is InChI=1S/C19H18N2O4/c22-18(25-13-14-6-2-1-3-7-14)20-11-10-15-12-21(19(23)24)17-9-5-4-8-16(15)17/h1-9,12H,10-11,13H2,(H,20,22)(H,23,24). The number of benzene rings is 2. The van der Waals surface area contributed by atoms with Gasteiger partial charge in [0.15, 0.2) is 0 Å². The van der Waals surface area contributed by atoms with Gasteiger partial charge in [0.2, 0.25) is 0 Å². The molecule has 2 N–H and O–H groups in total. The lowest BCUT2D eigenvalue weighted by atomic mass is 10.1. The summed E-state index contributed by atoms with van der Waals surface area (Å²) >= 11 is 0. The zero-order chi connectivity index (χ0) is 17.6. The summed E-state index contributed by atoms with van der Waals surface area (Å²) < 4.78 is 6.34. The predicted molar refractivity (Wildman–Crippen MR) is 93.7 cm³/mol. The molecule has 0 aliphatic rings. The zero-order valence-electron chi connectivity index (χ0n) is 13.5. The summed E-state index contributed by atoms with van der Waals surface area (Å²) in [6, 6.07) is 16.7. The van der Waals surface area contributed by atoms with Gasteiger partial charge in [0.1, 0.15) is 6.61 Å². The Morgan fingerprint density at radius 1 is 1.04 bits per heavy atom. The first kappa shape index (κ1) is 16.6. The SMILES string of the molecule is O=C(NCCc1cn(C(=O)O)c2ccccc12)OCc1ccccc1. The number of amides is 1. The quantitative estimate of drug-likeness (QED) is 0.744. The van der Waals surface area contributed by atoms with E-state index in [0.29, 0.717) is 18.5 Å². The van der Waals surface area contributed by atoms with Crippen LogP contribution in [0.5, 0.6) is 0 Å². The molecule has 0 aliphatic carbocycles. The fourth-order valence-electron chi connectivity index (χ4n) is 2.68. The van der Waals surface area contributed by atoms with E-state index in [1.165, 1.54) is 4.57 Å². The van der Waals surface area contributed by atoms with E-state index in [-0.39, 0.29) is 6.61 Å². The van der Waals surface area contributed by atoms with Crippen LogP contribution in [0.25, 0.3) is 10.9 Å². The lowest BCUT2D eigenvalue weighted by molar-refractivity contribution is 0.140. The number of hydrogen-bond donors (Lipinski definition) is 2. The monoisotopic (exact) mass is 338 g/mol. The first-order valence-corrected chi connectivity index (χ1v) is 7.92. The summed E-state index contributed by atoms with van der Waals surface area (Å²) in [6.45, 7) is 0.576. The smallest absolute Gasteiger partial charge is 0.416 e. The van der Waals surface area contributed by atoms with Gasteiger partial charge in [-0.2, -0.15) is 0 Å². The van der Waals surface area contributed by atoms with Gasteiger partial charge in [-0.3, -0.25) is 4.57 Å². The van der Waals surface area contributed by atoms with Crippen LogP contribution < -0.4 is 5.32 Å². The van der Waals surface area contributed by atoms with E-state index in [9.17, 15) is 14.7 Å². The average molecular weight is 338 g/mol. The molecular formula is C19H18N2O4. The van der Waals surface area contributed by atoms with Crippen LogP contribution in [0.4, 0.5) is 9.59 Å². The number of carbonyl (C=O) groups is 2. The first-order chi connectivity index (χ1) is 12.1. The van der Waals surface area contributed by atoms with E-state index in [2.05, 4.69) is 5.32 Å². The molecule has 1 heterocycles. The van der Waals surface area contributed by atoms with Gasteiger partial charge < -0.3 is 15.2 Å². The van der Waals surface area contributed by atoms with Crippen LogP contribution in [0.3, 0.4) is 0 Å². The molecule has 3 aromatic rings. The third-order valence-corrected chi connectivity index (χ3v) is 3.88. The number of hydrogen-bond acceptors (Lipinski definition) is 3. The van der Waals surface area contributed by atoms with Crippen molar-refractivity contribution >= 4 is 23.1 Å². The highest BCUT2D eigenvalue weighted by atomic mass is 16.5. The van der Waals surface area contributed by atoms with Crippen LogP contribution in [0.1, 0.15) is 11.1 Å². The molecule has 6 nitrogen and oxygen atoms in total. The molecule has 2 aromatic carbocycles. The van der Waals surface area contributed by atoms with Crippen LogP contribution in [0.2, 0.25) is 0 Å². The van der Waals surface area contributed by atoms with Crippen LogP contribution in [0, 0.1) is 0 Å². The molecule has 3 rings (SSSR count). The zero-order valence-corrected chi connectivity index (χ0v) is 13.5. The highest BCUT2D eigenvalue weighted by Gasteiger charge is 2.12. The third-order valence-electron chi connectivity index (χ3n) is 3.88. The van der Waals surface area contributed by atoms with Gasteiger partial charge >= 0.3 is 12.2 Å². The van der Waals surface area contributed by atoms with Crippen molar-refractivity contribution in [3.8, 4) is 0 Å². The summed E-state index contributed by atoms with van der Waals surface area (Å²) in [5, 5.41) is 12.8. The van der Waals surface area contributed by atoms with Gasteiger partial charge in [0, 0.05) is 18.1 Å². The van der Waals surface area contributed by atoms with E-state index < -0.39 is 12.2 Å². The first-order valence-electron chi connectivity index (χ1n) is 7.92. The molecule has 0 fully saturated rings. The molecule has 128 valence electrons. The summed E-state index contributed by atoms with van der Waals surface area (Å²) in [6.07, 6.45) is 0.578. The Hall–Kier alpha value is -3.28. The number of carbonyl (C=O) groups excluding carboxylic acids is 1. The molecule has 0 aliphatic heterocycles. The fraction of sp³-hybridized carbons (Fsp3) is 0.158. The van der Waals surface area contributed by atoms with Crippen molar-refractivity contribution in [1.82, 2.24) is 9.88 Å². The van der Waals surface area contributed by atoms with Gasteiger partial charge in [-0.1, -0.05) is 48.5 Å². The third kappa shape index (κ3) is 3.98. The maximum absolute atomic E-state index is 11.8. The molecule has 0 bridgehead atoms. The van der Waals surface area contributed by atoms with E-state index in [1.807, 2.05) is 42.5 Å². The van der Waals surface area contributed by atoms with Crippen LogP contribution >= 0.6 is 0 Å². The number of alkyl carbamates (subject to hydrolysis) is 1. The fourth-order valence-corrected chi connectivity index (χ4v) is 2.68. The maximum Gasteiger partial charge on any atom is 0.416 e. The van der Waals surface area contributed by atoms with Crippen molar-refractivity contribution in [3.05, 3.63) is 71.9 Å². The molecular weight excluding hydrogens is 320 g/mol. The Balaban J connectivity index is 1.56. The Morgan fingerprint density at radius 2 is 1.76 bits per heavy atom. The Labute approximate surface area is 144 Å². The maximum atomic E-state index is 11.8. The van der Waals surface area contributed by atoms with E-state index in [0.717, 1.165) is 16.5 Å². The van der Waals surface area contributed by atoms with Crippen LogP contribution in [-0.2, 0) is 17.8 Å². The van der Waals surface area contributed by atoms with Crippen LogP contribution in [0.15, 0.2) is 60.8 Å². The van der Waals surface area contributed by atoms with Crippen molar-refractivity contribution in [3.63, 3.8) is 0 Å². The minimum Gasteiger partial charge on any atom is -0.464 e. The van der Waals surface area contributed by atoms with Gasteiger partial charge in [-0.25, -0.2) is 9.59 Å². The second kappa shape index (κ2) is 7.53.